The van der Waals surface area contributed by atoms with Gasteiger partial charge < -0.3 is 10.2 Å². The zero-order chi connectivity index (χ0) is 13.7. The molecule has 0 unspecified atom stereocenters. The van der Waals surface area contributed by atoms with Gasteiger partial charge in [-0.15, -0.1) is 12.4 Å². The van der Waals surface area contributed by atoms with E-state index in [1.54, 1.807) is 0 Å². The molecule has 2 rings (SSSR count). The molecule has 0 radical (unpaired) electrons. The van der Waals surface area contributed by atoms with Crippen molar-refractivity contribution >= 4 is 29.9 Å². The van der Waals surface area contributed by atoms with Gasteiger partial charge in [0.05, 0.1) is 5.02 Å². The number of aromatic nitrogens is 2. The lowest BCUT2D eigenvalue weighted by Crippen LogP contribution is -2.39. The molecule has 2 heterocycles. The van der Waals surface area contributed by atoms with E-state index >= 15 is 0 Å². The number of likely N-dealkylation sites (tertiary alicyclic amines) is 1. The Morgan fingerprint density at radius 2 is 2.20 bits per heavy atom. The van der Waals surface area contributed by atoms with Crippen LogP contribution in [0.2, 0.25) is 5.02 Å². The fourth-order valence-corrected chi connectivity index (χ4v) is 2.58. The minimum atomic E-state index is -0.0838. The van der Waals surface area contributed by atoms with Gasteiger partial charge in [-0.1, -0.05) is 11.6 Å². The van der Waals surface area contributed by atoms with Crippen molar-refractivity contribution < 1.29 is 4.79 Å². The van der Waals surface area contributed by atoms with E-state index in [1.165, 1.54) is 18.9 Å². The molecule has 1 aromatic rings. The Hall–Kier alpha value is -0.910. The van der Waals surface area contributed by atoms with Crippen LogP contribution in [0.3, 0.4) is 0 Å². The third kappa shape index (κ3) is 4.30. The number of nitrogens with zero attached hydrogens (tertiary/aromatic N) is 3. The molecule has 1 amide bonds. The Bertz CT molecular complexity index is 436. The van der Waals surface area contributed by atoms with Crippen LogP contribution in [0.1, 0.15) is 29.8 Å². The number of carbonyl (C=O) groups excluding carboxylic acids is 1. The summed E-state index contributed by atoms with van der Waals surface area (Å²) in [4.78, 5) is 21.9. The van der Waals surface area contributed by atoms with E-state index in [-0.39, 0.29) is 18.3 Å². The highest BCUT2D eigenvalue weighted by atomic mass is 35.5. The minimum absolute atomic E-state index is 0. The molecule has 0 bridgehead atoms. The number of piperidine rings is 1. The molecule has 112 valence electrons. The maximum absolute atomic E-state index is 12.3. The van der Waals surface area contributed by atoms with E-state index in [4.69, 9.17) is 11.6 Å². The second kappa shape index (κ2) is 8.39. The number of amides is 1. The van der Waals surface area contributed by atoms with Gasteiger partial charge in [0.2, 0.25) is 0 Å². The van der Waals surface area contributed by atoms with E-state index in [1.807, 2.05) is 11.9 Å². The molecule has 1 aliphatic heterocycles. The summed E-state index contributed by atoms with van der Waals surface area (Å²) in [5.41, 5.74) is 0.311. The van der Waals surface area contributed by atoms with Gasteiger partial charge in [-0.3, -0.25) is 4.79 Å². The number of carbonyl (C=O) groups is 1. The number of hydrogen-bond donors (Lipinski definition) is 1. The van der Waals surface area contributed by atoms with Crippen molar-refractivity contribution in [2.45, 2.75) is 19.3 Å². The van der Waals surface area contributed by atoms with Gasteiger partial charge in [-0.05, 0) is 38.8 Å². The summed E-state index contributed by atoms with van der Waals surface area (Å²) >= 11 is 5.95. The van der Waals surface area contributed by atoms with Crippen molar-refractivity contribution in [3.63, 3.8) is 0 Å². The quantitative estimate of drug-likeness (QED) is 0.922. The summed E-state index contributed by atoms with van der Waals surface area (Å²) < 4.78 is 0. The van der Waals surface area contributed by atoms with Crippen molar-refractivity contribution in [3.05, 3.63) is 23.2 Å². The van der Waals surface area contributed by atoms with Gasteiger partial charge in [0.25, 0.3) is 5.91 Å². The molecule has 7 heteroatoms. The first-order valence-electron chi connectivity index (χ1n) is 6.61. The number of hydrogen-bond acceptors (Lipinski definition) is 4. The standard InChI is InChI=1S/C13H19ClN4O.ClH/c1-15-5-2-10-3-6-18(7-4-10)13(19)12-11(14)8-16-9-17-12;/h8-10,15H,2-7H2,1H3;1H. The van der Waals surface area contributed by atoms with Gasteiger partial charge in [-0.2, -0.15) is 0 Å². The number of halogens is 2. The lowest BCUT2D eigenvalue weighted by molar-refractivity contribution is 0.0681. The molecule has 0 spiro atoms. The Morgan fingerprint density at radius 1 is 1.50 bits per heavy atom. The Kier molecular flexibility index (Phi) is 7.19. The van der Waals surface area contributed by atoms with Gasteiger partial charge in [-0.25, -0.2) is 9.97 Å². The summed E-state index contributed by atoms with van der Waals surface area (Å²) in [6.07, 6.45) is 6.10. The molecule has 0 aliphatic carbocycles. The molecular formula is C13H20Cl2N4O. The predicted molar refractivity (Wildman–Crippen MR) is 81.5 cm³/mol. The van der Waals surface area contributed by atoms with Crippen LogP contribution in [0.15, 0.2) is 12.5 Å². The van der Waals surface area contributed by atoms with Gasteiger partial charge in [0.1, 0.15) is 12.0 Å². The van der Waals surface area contributed by atoms with Crippen molar-refractivity contribution in [2.24, 2.45) is 5.92 Å². The van der Waals surface area contributed by atoms with Crippen molar-refractivity contribution in [3.8, 4) is 0 Å². The SMILES string of the molecule is CNCCC1CCN(C(=O)c2ncncc2Cl)CC1.Cl. The molecular weight excluding hydrogens is 299 g/mol. The highest BCUT2D eigenvalue weighted by molar-refractivity contribution is 6.33. The van der Waals surface area contributed by atoms with Gasteiger partial charge in [0.15, 0.2) is 0 Å². The molecule has 1 fully saturated rings. The molecule has 0 saturated carbocycles. The van der Waals surface area contributed by atoms with E-state index in [2.05, 4.69) is 15.3 Å². The lowest BCUT2D eigenvalue weighted by atomic mass is 9.93. The van der Waals surface area contributed by atoms with Crippen LogP contribution in [-0.4, -0.2) is 47.5 Å². The zero-order valence-corrected chi connectivity index (χ0v) is 13.1. The van der Waals surface area contributed by atoms with Crippen LogP contribution in [-0.2, 0) is 0 Å². The maximum atomic E-state index is 12.3. The largest absolute Gasteiger partial charge is 0.337 e. The summed E-state index contributed by atoms with van der Waals surface area (Å²) in [5, 5.41) is 3.49. The molecule has 1 N–H and O–H groups in total. The molecule has 0 atom stereocenters. The first kappa shape index (κ1) is 17.1. The summed E-state index contributed by atoms with van der Waals surface area (Å²) in [7, 11) is 1.97. The van der Waals surface area contributed by atoms with Crippen molar-refractivity contribution in [2.75, 3.05) is 26.7 Å². The van der Waals surface area contributed by atoms with Gasteiger partial charge >= 0.3 is 0 Å². The zero-order valence-electron chi connectivity index (χ0n) is 11.5. The predicted octanol–water partition coefficient (Wildman–Crippen LogP) is 2.01. The average molecular weight is 319 g/mol. The fourth-order valence-electron chi connectivity index (χ4n) is 2.39. The van der Waals surface area contributed by atoms with Crippen LogP contribution in [0.25, 0.3) is 0 Å². The number of rotatable bonds is 4. The second-order valence-electron chi connectivity index (χ2n) is 4.85. The molecule has 0 aromatic carbocycles. The van der Waals surface area contributed by atoms with Crippen LogP contribution >= 0.6 is 24.0 Å². The lowest BCUT2D eigenvalue weighted by Gasteiger charge is -2.31. The molecule has 1 saturated heterocycles. The molecule has 1 aromatic heterocycles. The first-order chi connectivity index (χ1) is 9.22. The first-order valence-corrected chi connectivity index (χ1v) is 6.99. The third-order valence-electron chi connectivity index (χ3n) is 3.57. The molecule has 1 aliphatic rings. The Labute approximate surface area is 130 Å². The minimum Gasteiger partial charge on any atom is -0.337 e. The van der Waals surface area contributed by atoms with E-state index in [0.29, 0.717) is 16.6 Å². The van der Waals surface area contributed by atoms with Crippen LogP contribution in [0, 0.1) is 5.92 Å². The Balaban J connectivity index is 0.00000200. The second-order valence-corrected chi connectivity index (χ2v) is 5.25. The molecule has 5 nitrogen and oxygen atoms in total. The van der Waals surface area contributed by atoms with E-state index in [9.17, 15) is 4.79 Å². The van der Waals surface area contributed by atoms with Gasteiger partial charge in [0, 0.05) is 19.3 Å². The topological polar surface area (TPSA) is 58.1 Å². The van der Waals surface area contributed by atoms with Crippen molar-refractivity contribution in [1.29, 1.82) is 0 Å². The highest BCUT2D eigenvalue weighted by Crippen LogP contribution is 2.22. The maximum Gasteiger partial charge on any atom is 0.274 e. The van der Waals surface area contributed by atoms with Crippen LogP contribution in [0.4, 0.5) is 0 Å². The van der Waals surface area contributed by atoms with E-state index < -0.39 is 0 Å². The summed E-state index contributed by atoms with van der Waals surface area (Å²) in [6, 6.07) is 0. The Morgan fingerprint density at radius 3 is 2.80 bits per heavy atom. The highest BCUT2D eigenvalue weighted by Gasteiger charge is 2.25. The molecule has 20 heavy (non-hydrogen) atoms. The van der Waals surface area contributed by atoms with Crippen LogP contribution in [0.5, 0.6) is 0 Å². The van der Waals surface area contributed by atoms with Crippen LogP contribution < -0.4 is 5.32 Å². The normalized spacial score (nSPS) is 15.8. The third-order valence-corrected chi connectivity index (χ3v) is 3.85. The average Bonchev–Trinajstić information content (AvgIpc) is 2.45. The fraction of sp³-hybridized carbons (Fsp3) is 0.615. The smallest absolute Gasteiger partial charge is 0.274 e. The number of nitrogens with one attached hydrogen (secondary N) is 1. The summed E-state index contributed by atoms with van der Waals surface area (Å²) in [6.45, 7) is 2.61. The monoisotopic (exact) mass is 318 g/mol. The van der Waals surface area contributed by atoms with Crippen molar-refractivity contribution in [1.82, 2.24) is 20.2 Å². The van der Waals surface area contributed by atoms with E-state index in [0.717, 1.165) is 32.5 Å². The summed E-state index contributed by atoms with van der Waals surface area (Å²) in [5.74, 6) is 0.622.